The van der Waals surface area contributed by atoms with Crippen LogP contribution in [0.5, 0.6) is 0 Å². The van der Waals surface area contributed by atoms with Crippen LogP contribution in [0.15, 0.2) is 0 Å². The minimum absolute atomic E-state index is 0. The Labute approximate surface area is 104 Å². The molecule has 0 atom stereocenters. The second kappa shape index (κ2) is 16.0. The summed E-state index contributed by atoms with van der Waals surface area (Å²) in [6, 6.07) is 0. The van der Waals surface area contributed by atoms with Crippen LogP contribution >= 0.6 is 0 Å². The van der Waals surface area contributed by atoms with Gasteiger partial charge in [-0.15, -0.1) is 0 Å². The Kier molecular flexibility index (Phi) is 21.4. The molecule has 0 saturated carbocycles. The molecule has 15 heavy (non-hydrogen) atoms. The first-order chi connectivity index (χ1) is 6.62. The van der Waals surface area contributed by atoms with Crippen molar-refractivity contribution in [1.82, 2.24) is 0 Å². The van der Waals surface area contributed by atoms with Gasteiger partial charge in [0.1, 0.15) is 0 Å². The number of hydrogen-bond acceptors (Lipinski definition) is 2. The number of carbonyl (C=O) groups excluding carboxylic acids is 2. The van der Waals surface area contributed by atoms with E-state index in [9.17, 15) is 0 Å². The summed E-state index contributed by atoms with van der Waals surface area (Å²) in [5.74, 6) is 0.0324. The maximum atomic E-state index is 8.49. The van der Waals surface area contributed by atoms with Gasteiger partial charge in [-0.1, -0.05) is 0 Å². The van der Waals surface area contributed by atoms with Crippen LogP contribution in [0.3, 0.4) is 0 Å². The number of ether oxygens (including phenoxy) is 2. The molecule has 0 heterocycles. The first-order valence-electron chi connectivity index (χ1n) is 4.55. The summed E-state index contributed by atoms with van der Waals surface area (Å²) in [6.07, 6.45) is 0.682. The number of rotatable bonds is 4. The molecule has 0 aliphatic rings. The Morgan fingerprint density at radius 3 is 1.27 bits per heavy atom. The van der Waals surface area contributed by atoms with E-state index in [1.165, 1.54) is 0 Å². The van der Waals surface area contributed by atoms with E-state index >= 15 is 0 Å². The van der Waals surface area contributed by atoms with Gasteiger partial charge in [0.2, 0.25) is 0 Å². The molecular formula is C10H20O4Zn+2. The molecular weight excluding hydrogens is 249 g/mol. The predicted octanol–water partition coefficient (Wildman–Crippen LogP) is 1.50. The maximum Gasteiger partial charge on any atom is 2.00 e. The van der Waals surface area contributed by atoms with Crippen LogP contribution in [0.4, 0.5) is 0 Å². The molecule has 0 fully saturated rings. The Morgan fingerprint density at radius 2 is 1.20 bits per heavy atom. The summed E-state index contributed by atoms with van der Waals surface area (Å²) in [7, 11) is 0. The number of hydrogen-bond donors (Lipinski definition) is 0. The molecule has 84 valence electrons. The van der Waals surface area contributed by atoms with Gasteiger partial charge in [-0.25, -0.2) is 0 Å². The first kappa shape index (κ1) is 20.0. The van der Waals surface area contributed by atoms with Crippen molar-refractivity contribution in [2.75, 3.05) is 13.2 Å². The Morgan fingerprint density at radius 1 is 0.933 bits per heavy atom. The molecule has 0 saturated heterocycles. The molecule has 0 aliphatic heterocycles. The van der Waals surface area contributed by atoms with Gasteiger partial charge in [0, 0.05) is 0 Å². The SMILES string of the molecule is [CH2-]CC(=[OH+])OCC.[CH2-]CC(=[OH+])OCC.[Zn+2]. The molecule has 5 heteroatoms. The van der Waals surface area contributed by atoms with Gasteiger partial charge in [-0.2, -0.15) is 0 Å². The van der Waals surface area contributed by atoms with Gasteiger partial charge < -0.3 is 32.9 Å². The summed E-state index contributed by atoms with van der Waals surface area (Å²) in [5, 5.41) is 0. The fraction of sp³-hybridized carbons (Fsp3) is 0.600. The molecule has 0 radical (unpaired) electrons. The third-order valence-electron chi connectivity index (χ3n) is 1.05. The van der Waals surface area contributed by atoms with E-state index in [4.69, 9.17) is 9.59 Å². The molecule has 0 spiro atoms. The standard InChI is InChI=1S/2C5H9O2.Zn/c2*1-3-5(6)7-4-2;/h2*1,3-4H2,2H3;/q2*-1;+2/p+2. The summed E-state index contributed by atoms with van der Waals surface area (Å²) in [4.78, 5) is 17.0. The van der Waals surface area contributed by atoms with Crippen LogP contribution in [-0.2, 0) is 29.0 Å². The van der Waals surface area contributed by atoms with Gasteiger partial charge in [0.25, 0.3) is 0 Å². The number of esters is 2. The zero-order valence-corrected chi connectivity index (χ0v) is 12.6. The Bertz CT molecular complexity index is 142. The Balaban J connectivity index is -0.000000180. The fourth-order valence-electron chi connectivity index (χ4n) is 0.478. The van der Waals surface area contributed by atoms with Crippen LogP contribution in [0.25, 0.3) is 0 Å². The van der Waals surface area contributed by atoms with E-state index in [2.05, 4.69) is 23.3 Å². The zero-order valence-electron chi connectivity index (χ0n) is 9.66. The van der Waals surface area contributed by atoms with Crippen LogP contribution in [0, 0.1) is 13.8 Å². The minimum Gasteiger partial charge on any atom is -0.341 e. The van der Waals surface area contributed by atoms with Crippen LogP contribution in [0.1, 0.15) is 26.7 Å². The second-order valence-electron chi connectivity index (χ2n) is 2.15. The summed E-state index contributed by atoms with van der Waals surface area (Å²) >= 11 is 0. The van der Waals surface area contributed by atoms with Crippen LogP contribution in [0.2, 0.25) is 0 Å². The van der Waals surface area contributed by atoms with Gasteiger partial charge in [-0.05, 0) is 26.7 Å². The molecule has 4 nitrogen and oxygen atoms in total. The van der Waals surface area contributed by atoms with Crippen LogP contribution < -0.4 is 0 Å². The van der Waals surface area contributed by atoms with Crippen molar-refractivity contribution >= 4 is 11.9 Å². The van der Waals surface area contributed by atoms with Crippen molar-refractivity contribution in [3.05, 3.63) is 13.8 Å². The normalized spacial score (nSPS) is 7.73. The van der Waals surface area contributed by atoms with Gasteiger partial charge in [-0.3, -0.25) is 0 Å². The van der Waals surface area contributed by atoms with E-state index in [0.717, 1.165) is 0 Å². The molecule has 0 amide bonds. The quantitative estimate of drug-likeness (QED) is 0.336. The maximum absolute atomic E-state index is 8.49. The van der Waals surface area contributed by atoms with Crippen LogP contribution in [-0.4, -0.2) is 34.7 Å². The second-order valence-corrected chi connectivity index (χ2v) is 2.15. The van der Waals surface area contributed by atoms with E-state index in [0.29, 0.717) is 26.1 Å². The summed E-state index contributed by atoms with van der Waals surface area (Å²) in [6.45, 7) is 11.4. The monoisotopic (exact) mass is 268 g/mol. The molecule has 2 N–H and O–H groups in total. The average molecular weight is 270 g/mol. The van der Waals surface area contributed by atoms with Gasteiger partial charge in [0.05, 0.1) is 0 Å². The Hall–Kier alpha value is -0.437. The predicted molar refractivity (Wildman–Crippen MR) is 57.1 cm³/mol. The van der Waals surface area contributed by atoms with E-state index in [-0.39, 0.29) is 31.4 Å². The molecule has 0 aromatic heterocycles. The topological polar surface area (TPSA) is 61.3 Å². The van der Waals surface area contributed by atoms with E-state index < -0.39 is 0 Å². The average Bonchev–Trinajstić information content (AvgIpc) is 2.19. The largest absolute Gasteiger partial charge is 2.00 e. The molecule has 0 bridgehead atoms. The molecule has 0 rings (SSSR count). The minimum atomic E-state index is 0. The smallest absolute Gasteiger partial charge is 0.341 e. The molecule has 0 aliphatic carbocycles. The van der Waals surface area contributed by atoms with Crippen molar-refractivity contribution in [1.29, 1.82) is 0 Å². The van der Waals surface area contributed by atoms with E-state index in [1.807, 2.05) is 13.8 Å². The van der Waals surface area contributed by atoms with Crippen molar-refractivity contribution in [2.24, 2.45) is 0 Å². The van der Waals surface area contributed by atoms with Crippen molar-refractivity contribution in [3.8, 4) is 0 Å². The van der Waals surface area contributed by atoms with Crippen molar-refractivity contribution in [2.45, 2.75) is 26.7 Å². The molecule has 0 unspecified atom stereocenters. The van der Waals surface area contributed by atoms with E-state index in [1.54, 1.807) is 0 Å². The summed E-state index contributed by atoms with van der Waals surface area (Å²) in [5.41, 5.74) is 0. The first-order valence-corrected chi connectivity index (χ1v) is 4.55. The van der Waals surface area contributed by atoms with Gasteiger partial charge >= 0.3 is 31.4 Å². The van der Waals surface area contributed by atoms with Gasteiger partial charge in [0.15, 0.2) is 13.2 Å². The zero-order chi connectivity index (χ0) is 11.4. The third-order valence-corrected chi connectivity index (χ3v) is 1.05. The van der Waals surface area contributed by atoms with Crippen molar-refractivity contribution < 1.29 is 38.5 Å². The summed E-state index contributed by atoms with van der Waals surface area (Å²) < 4.78 is 9.20. The fourth-order valence-corrected chi connectivity index (χ4v) is 0.478. The molecule has 0 aromatic rings. The third kappa shape index (κ3) is 19.8. The molecule has 0 aromatic carbocycles. The van der Waals surface area contributed by atoms with Crippen molar-refractivity contribution in [3.63, 3.8) is 0 Å².